The van der Waals surface area contributed by atoms with Gasteiger partial charge in [-0.15, -0.1) is 0 Å². The van der Waals surface area contributed by atoms with Crippen LogP contribution in [-0.2, 0) is 17.9 Å². The summed E-state index contributed by atoms with van der Waals surface area (Å²) in [5.74, 6) is 0.756. The van der Waals surface area contributed by atoms with Gasteiger partial charge < -0.3 is 14.8 Å². The van der Waals surface area contributed by atoms with Gasteiger partial charge in [-0.05, 0) is 99.4 Å². The van der Waals surface area contributed by atoms with Crippen LogP contribution in [-0.4, -0.2) is 23.4 Å². The average molecular weight is 647 g/mol. The van der Waals surface area contributed by atoms with Crippen LogP contribution in [0, 0.1) is 10.5 Å². The van der Waals surface area contributed by atoms with Crippen molar-refractivity contribution < 1.29 is 19.1 Å². The van der Waals surface area contributed by atoms with Crippen LogP contribution in [0.25, 0.3) is 6.08 Å². The van der Waals surface area contributed by atoms with E-state index in [4.69, 9.17) is 9.47 Å². The van der Waals surface area contributed by atoms with E-state index in [0.29, 0.717) is 34.7 Å². The van der Waals surface area contributed by atoms with Crippen molar-refractivity contribution in [2.24, 2.45) is 0 Å². The van der Waals surface area contributed by atoms with Crippen molar-refractivity contribution in [3.05, 3.63) is 96.7 Å². The van der Waals surface area contributed by atoms with Gasteiger partial charge in [-0.3, -0.25) is 9.69 Å². The van der Waals surface area contributed by atoms with Crippen LogP contribution in [0.2, 0.25) is 0 Å². The van der Waals surface area contributed by atoms with Crippen LogP contribution >= 0.6 is 38.5 Å². The molecule has 1 N–H and O–H groups in total. The molecule has 35 heavy (non-hydrogen) atoms. The van der Waals surface area contributed by atoms with E-state index in [9.17, 15) is 9.59 Å². The summed E-state index contributed by atoms with van der Waals surface area (Å²) in [6.07, 6.45) is 1.64. The monoisotopic (exact) mass is 646 g/mol. The molecule has 1 fully saturated rings. The quantitative estimate of drug-likeness (QED) is 0.174. The molecule has 3 aromatic rings. The highest BCUT2D eigenvalue weighted by Gasteiger charge is 2.33. The molecule has 1 saturated heterocycles. The maximum Gasteiger partial charge on any atom is 0.329 e. The number of carbonyl (C=O) groups excluding carboxylic acids is 2. The summed E-state index contributed by atoms with van der Waals surface area (Å²) >= 11 is 5.84. The van der Waals surface area contributed by atoms with E-state index < -0.39 is 6.03 Å². The number of nitrogens with one attached hydrogen (secondary N) is 1. The second-order valence-corrected chi connectivity index (χ2v) is 10.1. The molecule has 1 aliphatic rings. The fourth-order valence-corrected chi connectivity index (χ4v) is 4.50. The number of carbonyl (C=O) groups is 2. The molecule has 4 rings (SSSR count). The van der Waals surface area contributed by atoms with E-state index >= 15 is 0 Å². The Labute approximate surface area is 226 Å². The number of ether oxygens (including phenoxy) is 2. The summed E-state index contributed by atoms with van der Waals surface area (Å²) < 4.78 is 13.7. The number of benzene rings is 3. The molecule has 3 aromatic carbocycles. The standard InChI is InChI=1S/C27H24BrIN2O4/c1-3-34-24-14-20(12-22(28)25(24)35-16-19-8-10-21(29)11-9-19)13-23-26(32)31(27(33)30-23)15-18-6-4-17(2)5-7-18/h4-14H,3,15-16H2,1-2H3,(H,30,33)/b23-13+. The van der Waals surface area contributed by atoms with Crippen molar-refractivity contribution in [3.63, 3.8) is 0 Å². The number of hydrogen-bond acceptors (Lipinski definition) is 4. The third kappa shape index (κ3) is 6.24. The summed E-state index contributed by atoms with van der Waals surface area (Å²) in [5, 5.41) is 2.68. The smallest absolute Gasteiger partial charge is 0.329 e. The number of aryl methyl sites for hydroxylation is 1. The van der Waals surface area contributed by atoms with E-state index in [1.54, 1.807) is 12.1 Å². The topological polar surface area (TPSA) is 67.9 Å². The van der Waals surface area contributed by atoms with Crippen molar-refractivity contribution in [1.29, 1.82) is 0 Å². The van der Waals surface area contributed by atoms with Crippen molar-refractivity contribution in [2.45, 2.75) is 27.0 Å². The van der Waals surface area contributed by atoms with Gasteiger partial charge in [-0.1, -0.05) is 42.0 Å². The Kier molecular flexibility index (Phi) is 8.12. The lowest BCUT2D eigenvalue weighted by molar-refractivity contribution is -0.123. The number of imide groups is 1. The van der Waals surface area contributed by atoms with Gasteiger partial charge >= 0.3 is 6.03 Å². The molecule has 0 unspecified atom stereocenters. The molecular formula is C27H24BrIN2O4. The van der Waals surface area contributed by atoms with Crippen LogP contribution < -0.4 is 14.8 Å². The zero-order valence-electron chi connectivity index (χ0n) is 19.3. The molecule has 1 heterocycles. The summed E-state index contributed by atoms with van der Waals surface area (Å²) in [4.78, 5) is 26.6. The molecule has 8 heteroatoms. The van der Waals surface area contributed by atoms with Gasteiger partial charge in [0.15, 0.2) is 11.5 Å². The Balaban J connectivity index is 1.54. The lowest BCUT2D eigenvalue weighted by atomic mass is 10.1. The zero-order valence-corrected chi connectivity index (χ0v) is 23.1. The average Bonchev–Trinajstić information content (AvgIpc) is 3.08. The fourth-order valence-electron chi connectivity index (χ4n) is 3.57. The predicted octanol–water partition coefficient (Wildman–Crippen LogP) is 6.43. The van der Waals surface area contributed by atoms with Crippen LogP contribution in [0.5, 0.6) is 11.5 Å². The van der Waals surface area contributed by atoms with Crippen molar-refractivity contribution in [3.8, 4) is 11.5 Å². The fraction of sp³-hybridized carbons (Fsp3) is 0.185. The van der Waals surface area contributed by atoms with Crippen LogP contribution in [0.3, 0.4) is 0 Å². The van der Waals surface area contributed by atoms with E-state index in [2.05, 4.69) is 43.8 Å². The first-order valence-electron chi connectivity index (χ1n) is 11.1. The molecule has 0 radical (unpaired) electrons. The highest BCUT2D eigenvalue weighted by Crippen LogP contribution is 2.38. The lowest BCUT2D eigenvalue weighted by Crippen LogP contribution is -2.30. The van der Waals surface area contributed by atoms with Gasteiger partial charge in [-0.25, -0.2) is 4.79 Å². The third-order valence-corrected chi connectivity index (χ3v) is 6.67. The number of halogens is 2. The van der Waals surface area contributed by atoms with E-state index in [-0.39, 0.29) is 18.1 Å². The second-order valence-electron chi connectivity index (χ2n) is 8.04. The molecule has 1 aliphatic heterocycles. The van der Waals surface area contributed by atoms with Crippen molar-refractivity contribution >= 4 is 56.5 Å². The normalized spacial score (nSPS) is 14.4. The van der Waals surface area contributed by atoms with Crippen molar-refractivity contribution in [1.82, 2.24) is 10.2 Å². The molecule has 3 amide bonds. The number of amides is 3. The van der Waals surface area contributed by atoms with Gasteiger partial charge in [-0.2, -0.15) is 0 Å². The summed E-state index contributed by atoms with van der Waals surface area (Å²) in [6.45, 7) is 4.93. The minimum atomic E-state index is -0.441. The van der Waals surface area contributed by atoms with E-state index in [0.717, 1.165) is 20.3 Å². The second kappa shape index (κ2) is 11.3. The van der Waals surface area contributed by atoms with E-state index in [1.165, 1.54) is 4.90 Å². The maximum absolute atomic E-state index is 12.9. The van der Waals surface area contributed by atoms with Gasteiger partial charge in [0.05, 0.1) is 17.6 Å². The molecule has 6 nitrogen and oxygen atoms in total. The predicted molar refractivity (Wildman–Crippen MR) is 147 cm³/mol. The largest absolute Gasteiger partial charge is 0.490 e. The Morgan fingerprint density at radius 3 is 2.37 bits per heavy atom. The van der Waals surface area contributed by atoms with Crippen LogP contribution in [0.1, 0.15) is 29.2 Å². The molecule has 0 saturated carbocycles. The van der Waals surface area contributed by atoms with E-state index in [1.807, 2.05) is 68.4 Å². The Morgan fingerprint density at radius 1 is 1.00 bits per heavy atom. The number of urea groups is 1. The number of nitrogens with zero attached hydrogens (tertiary/aromatic N) is 1. The molecule has 0 atom stereocenters. The minimum Gasteiger partial charge on any atom is -0.490 e. The zero-order chi connectivity index (χ0) is 24.9. The minimum absolute atomic E-state index is 0.210. The Morgan fingerprint density at radius 2 is 1.69 bits per heavy atom. The first-order valence-corrected chi connectivity index (χ1v) is 12.9. The first-order chi connectivity index (χ1) is 16.8. The molecule has 0 aliphatic carbocycles. The van der Waals surface area contributed by atoms with Crippen LogP contribution in [0.15, 0.2) is 70.8 Å². The Hall–Kier alpha value is -2.85. The summed E-state index contributed by atoms with van der Waals surface area (Å²) in [7, 11) is 0. The van der Waals surface area contributed by atoms with Crippen molar-refractivity contribution in [2.75, 3.05) is 6.61 Å². The summed E-state index contributed by atoms with van der Waals surface area (Å²) in [6, 6.07) is 19.0. The molecule has 0 aromatic heterocycles. The summed E-state index contributed by atoms with van der Waals surface area (Å²) in [5.41, 5.74) is 3.95. The molecule has 0 bridgehead atoms. The highest BCUT2D eigenvalue weighted by atomic mass is 127. The SMILES string of the molecule is CCOc1cc(/C=C2/NC(=O)N(Cc3ccc(C)cc3)C2=O)cc(Br)c1OCc1ccc(I)cc1. The lowest BCUT2D eigenvalue weighted by Gasteiger charge is -2.15. The van der Waals surface area contributed by atoms with Gasteiger partial charge in [0, 0.05) is 3.57 Å². The number of rotatable bonds is 8. The molecule has 0 spiro atoms. The first kappa shape index (κ1) is 25.2. The molecule has 180 valence electrons. The number of hydrogen-bond donors (Lipinski definition) is 1. The highest BCUT2D eigenvalue weighted by molar-refractivity contribution is 14.1. The van der Waals surface area contributed by atoms with Gasteiger partial charge in [0.25, 0.3) is 5.91 Å². The van der Waals surface area contributed by atoms with Crippen LogP contribution in [0.4, 0.5) is 4.79 Å². The third-order valence-electron chi connectivity index (χ3n) is 5.36. The molecular weight excluding hydrogens is 623 g/mol. The Bertz CT molecular complexity index is 1270. The van der Waals surface area contributed by atoms with Gasteiger partial charge in [0.1, 0.15) is 12.3 Å². The maximum atomic E-state index is 12.9. The van der Waals surface area contributed by atoms with Gasteiger partial charge in [0.2, 0.25) is 0 Å².